The number of nitrogens with one attached hydrogen (secondary N) is 1. The van der Waals surface area contributed by atoms with Crippen LogP contribution in [0.4, 0.5) is 20.2 Å². The third kappa shape index (κ3) is 5.59. The Morgan fingerprint density at radius 3 is 2.64 bits per heavy atom. The number of halogens is 2. The van der Waals surface area contributed by atoms with E-state index < -0.39 is 23.9 Å². The number of morpholine rings is 1. The standard InChI is InChI=1S/C26H29F2N5O3/c1-4-26(27,28)23-14-18(8-9-29-23)24(34)30-19-7-6-17(3)20(15-19)21-16-22(25(32-31-21)36-5-2)33-10-12-35-13-11-33/h6-9,14-16H,4-5,10-13H2,1-3H3,(H,30,34). The number of hydrogen-bond acceptors (Lipinski definition) is 7. The van der Waals surface area contributed by atoms with Gasteiger partial charge in [-0.25, -0.2) is 0 Å². The van der Waals surface area contributed by atoms with Gasteiger partial charge in [0.2, 0.25) is 0 Å². The first-order valence-corrected chi connectivity index (χ1v) is 11.9. The van der Waals surface area contributed by atoms with E-state index in [0.717, 1.165) is 22.9 Å². The number of benzene rings is 1. The number of carbonyl (C=O) groups is 1. The molecular formula is C26H29F2N5O3. The summed E-state index contributed by atoms with van der Waals surface area (Å²) in [6.07, 6.45) is 0.818. The van der Waals surface area contributed by atoms with Gasteiger partial charge in [0.25, 0.3) is 17.7 Å². The van der Waals surface area contributed by atoms with Crippen molar-refractivity contribution in [2.45, 2.75) is 33.1 Å². The molecule has 1 saturated heterocycles. The minimum atomic E-state index is -3.10. The molecule has 0 aliphatic carbocycles. The molecule has 1 aromatic carbocycles. The zero-order valence-electron chi connectivity index (χ0n) is 20.6. The van der Waals surface area contributed by atoms with Crippen molar-refractivity contribution in [3.05, 3.63) is 59.4 Å². The molecule has 0 bridgehead atoms. The van der Waals surface area contributed by atoms with Gasteiger partial charge >= 0.3 is 0 Å². The summed E-state index contributed by atoms with van der Waals surface area (Å²) >= 11 is 0. The lowest BCUT2D eigenvalue weighted by Crippen LogP contribution is -2.36. The van der Waals surface area contributed by atoms with E-state index in [9.17, 15) is 13.6 Å². The van der Waals surface area contributed by atoms with E-state index in [1.165, 1.54) is 19.2 Å². The van der Waals surface area contributed by atoms with Crippen LogP contribution in [0.5, 0.6) is 5.88 Å². The second-order valence-electron chi connectivity index (χ2n) is 8.42. The van der Waals surface area contributed by atoms with Gasteiger partial charge in [-0.15, -0.1) is 10.2 Å². The first-order valence-electron chi connectivity index (χ1n) is 11.9. The molecule has 2 aromatic heterocycles. The molecule has 1 fully saturated rings. The number of rotatable bonds is 8. The number of amides is 1. The fourth-order valence-corrected chi connectivity index (χ4v) is 3.90. The summed E-state index contributed by atoms with van der Waals surface area (Å²) < 4.78 is 39.3. The Bertz CT molecular complexity index is 1230. The van der Waals surface area contributed by atoms with Gasteiger partial charge in [0, 0.05) is 42.5 Å². The number of nitrogens with zero attached hydrogens (tertiary/aromatic N) is 4. The number of alkyl halides is 2. The molecule has 3 aromatic rings. The Morgan fingerprint density at radius 2 is 1.92 bits per heavy atom. The summed E-state index contributed by atoms with van der Waals surface area (Å²) in [6.45, 7) is 8.33. The lowest BCUT2D eigenvalue weighted by molar-refractivity contribution is -0.0128. The number of aromatic nitrogens is 3. The molecule has 1 amide bonds. The second-order valence-corrected chi connectivity index (χ2v) is 8.42. The predicted molar refractivity (Wildman–Crippen MR) is 133 cm³/mol. The third-order valence-electron chi connectivity index (χ3n) is 5.99. The number of pyridine rings is 1. The smallest absolute Gasteiger partial charge is 0.289 e. The Balaban J connectivity index is 1.62. The van der Waals surface area contributed by atoms with Crippen LogP contribution in [0.15, 0.2) is 42.6 Å². The molecular weight excluding hydrogens is 468 g/mol. The molecule has 0 saturated carbocycles. The van der Waals surface area contributed by atoms with Crippen LogP contribution in [-0.2, 0) is 10.7 Å². The zero-order chi connectivity index (χ0) is 25.7. The van der Waals surface area contributed by atoms with E-state index in [4.69, 9.17) is 9.47 Å². The summed E-state index contributed by atoms with van der Waals surface area (Å²) in [5.74, 6) is -3.15. The third-order valence-corrected chi connectivity index (χ3v) is 5.99. The van der Waals surface area contributed by atoms with E-state index in [2.05, 4.69) is 25.4 Å². The number of ether oxygens (including phenoxy) is 2. The van der Waals surface area contributed by atoms with Crippen LogP contribution in [-0.4, -0.2) is 54.0 Å². The van der Waals surface area contributed by atoms with Crippen molar-refractivity contribution in [1.82, 2.24) is 15.2 Å². The van der Waals surface area contributed by atoms with Gasteiger partial charge < -0.3 is 19.7 Å². The van der Waals surface area contributed by atoms with Gasteiger partial charge in [0.1, 0.15) is 11.4 Å². The summed E-state index contributed by atoms with van der Waals surface area (Å²) in [6, 6.07) is 9.88. The van der Waals surface area contributed by atoms with Crippen LogP contribution in [0.1, 0.15) is 41.9 Å². The molecule has 1 N–H and O–H groups in total. The molecule has 0 radical (unpaired) electrons. The van der Waals surface area contributed by atoms with E-state index in [-0.39, 0.29) is 5.56 Å². The zero-order valence-corrected chi connectivity index (χ0v) is 20.6. The van der Waals surface area contributed by atoms with Crippen molar-refractivity contribution >= 4 is 17.3 Å². The maximum atomic E-state index is 14.1. The van der Waals surface area contributed by atoms with Crippen molar-refractivity contribution in [3.8, 4) is 17.1 Å². The number of anilines is 2. The first-order chi connectivity index (χ1) is 17.3. The van der Waals surface area contributed by atoms with Crippen LogP contribution in [0, 0.1) is 6.92 Å². The Hall–Kier alpha value is -3.66. The minimum absolute atomic E-state index is 0.103. The molecule has 0 unspecified atom stereocenters. The Kier molecular flexibility index (Phi) is 7.73. The maximum Gasteiger partial charge on any atom is 0.289 e. The van der Waals surface area contributed by atoms with Crippen molar-refractivity contribution < 1.29 is 23.0 Å². The van der Waals surface area contributed by atoms with Crippen LogP contribution in [0.3, 0.4) is 0 Å². The Labute approximate surface area is 208 Å². The molecule has 3 heterocycles. The van der Waals surface area contributed by atoms with Crippen molar-refractivity contribution in [1.29, 1.82) is 0 Å². The van der Waals surface area contributed by atoms with Crippen molar-refractivity contribution in [2.24, 2.45) is 0 Å². The summed E-state index contributed by atoms with van der Waals surface area (Å²) in [5.41, 5.74) is 3.36. The lowest BCUT2D eigenvalue weighted by Gasteiger charge is -2.29. The molecule has 10 heteroatoms. The first kappa shape index (κ1) is 25.4. The predicted octanol–water partition coefficient (Wildman–Crippen LogP) is 4.84. The molecule has 190 valence electrons. The van der Waals surface area contributed by atoms with Crippen LogP contribution in [0.2, 0.25) is 0 Å². The molecule has 36 heavy (non-hydrogen) atoms. The highest BCUT2D eigenvalue weighted by Gasteiger charge is 2.31. The number of aryl methyl sites for hydroxylation is 1. The lowest BCUT2D eigenvalue weighted by atomic mass is 10.0. The maximum absolute atomic E-state index is 14.1. The highest BCUT2D eigenvalue weighted by atomic mass is 19.3. The van der Waals surface area contributed by atoms with E-state index in [1.54, 1.807) is 12.1 Å². The number of carbonyl (C=O) groups excluding carboxylic acids is 1. The van der Waals surface area contributed by atoms with Gasteiger partial charge in [-0.3, -0.25) is 9.78 Å². The van der Waals surface area contributed by atoms with Crippen LogP contribution < -0.4 is 15.0 Å². The second kappa shape index (κ2) is 10.9. The summed E-state index contributed by atoms with van der Waals surface area (Å²) in [5, 5.41) is 11.5. The molecule has 0 spiro atoms. The van der Waals surface area contributed by atoms with E-state index in [1.807, 2.05) is 26.0 Å². The summed E-state index contributed by atoms with van der Waals surface area (Å²) in [4.78, 5) is 18.7. The molecule has 8 nitrogen and oxygen atoms in total. The average Bonchev–Trinajstić information content (AvgIpc) is 2.91. The monoisotopic (exact) mass is 497 g/mol. The van der Waals surface area contributed by atoms with Gasteiger partial charge in [0.15, 0.2) is 0 Å². The van der Waals surface area contributed by atoms with Crippen molar-refractivity contribution in [2.75, 3.05) is 43.1 Å². The minimum Gasteiger partial charge on any atom is -0.475 e. The highest BCUT2D eigenvalue weighted by molar-refractivity contribution is 6.04. The van der Waals surface area contributed by atoms with E-state index in [0.29, 0.717) is 50.2 Å². The van der Waals surface area contributed by atoms with Crippen molar-refractivity contribution in [3.63, 3.8) is 0 Å². The fraction of sp³-hybridized carbons (Fsp3) is 0.385. The molecule has 0 atom stereocenters. The normalized spacial score (nSPS) is 14.0. The fourth-order valence-electron chi connectivity index (χ4n) is 3.90. The Morgan fingerprint density at radius 1 is 1.14 bits per heavy atom. The molecule has 1 aliphatic heterocycles. The average molecular weight is 498 g/mol. The van der Waals surface area contributed by atoms with Gasteiger partial charge in [-0.1, -0.05) is 13.0 Å². The van der Waals surface area contributed by atoms with Gasteiger partial charge in [-0.2, -0.15) is 8.78 Å². The summed E-state index contributed by atoms with van der Waals surface area (Å²) in [7, 11) is 0. The SMILES string of the molecule is CCOc1nnc(-c2cc(NC(=O)c3ccnc(C(F)(F)CC)c3)ccc2C)cc1N1CCOCC1. The van der Waals surface area contributed by atoms with Crippen LogP contribution >= 0.6 is 0 Å². The molecule has 1 aliphatic rings. The highest BCUT2D eigenvalue weighted by Crippen LogP contribution is 2.33. The largest absolute Gasteiger partial charge is 0.475 e. The number of hydrogen-bond donors (Lipinski definition) is 1. The van der Waals surface area contributed by atoms with Gasteiger partial charge in [-0.05, 0) is 49.7 Å². The van der Waals surface area contributed by atoms with E-state index >= 15 is 0 Å². The topological polar surface area (TPSA) is 89.5 Å². The van der Waals surface area contributed by atoms with Crippen LogP contribution in [0.25, 0.3) is 11.3 Å². The quantitative estimate of drug-likeness (QED) is 0.477. The molecule has 4 rings (SSSR count). The van der Waals surface area contributed by atoms with Gasteiger partial charge in [0.05, 0.1) is 25.5 Å².